The SMILES string of the molecule is CC(F)(F)CNC1=NCCS1. The van der Waals surface area contributed by atoms with Gasteiger partial charge in [0, 0.05) is 12.7 Å². The van der Waals surface area contributed by atoms with Gasteiger partial charge in [-0.05, 0) is 0 Å². The van der Waals surface area contributed by atoms with Crippen LogP contribution in [0, 0.1) is 0 Å². The van der Waals surface area contributed by atoms with Gasteiger partial charge in [-0.15, -0.1) is 0 Å². The van der Waals surface area contributed by atoms with E-state index in [2.05, 4.69) is 10.3 Å². The Balaban J connectivity index is 2.22. The molecular weight excluding hydrogens is 170 g/mol. The van der Waals surface area contributed by atoms with Crippen LogP contribution in [0.15, 0.2) is 4.99 Å². The van der Waals surface area contributed by atoms with E-state index in [-0.39, 0.29) is 6.54 Å². The maximum Gasteiger partial charge on any atom is 0.262 e. The van der Waals surface area contributed by atoms with Crippen LogP contribution in [-0.2, 0) is 0 Å². The lowest BCUT2D eigenvalue weighted by molar-refractivity contribution is 0.0276. The highest BCUT2D eigenvalue weighted by molar-refractivity contribution is 8.14. The largest absolute Gasteiger partial charge is 0.359 e. The summed E-state index contributed by atoms with van der Waals surface area (Å²) in [7, 11) is 0. The Hall–Kier alpha value is -0.320. The van der Waals surface area contributed by atoms with Crippen LogP contribution in [0.5, 0.6) is 0 Å². The Kier molecular flexibility index (Phi) is 2.70. The van der Waals surface area contributed by atoms with E-state index in [9.17, 15) is 8.78 Å². The minimum absolute atomic E-state index is 0.321. The van der Waals surface area contributed by atoms with E-state index >= 15 is 0 Å². The van der Waals surface area contributed by atoms with Crippen molar-refractivity contribution in [2.45, 2.75) is 12.8 Å². The number of nitrogens with zero attached hydrogens (tertiary/aromatic N) is 1. The third-order valence-corrected chi connectivity index (χ3v) is 2.07. The average molecular weight is 180 g/mol. The predicted octanol–water partition coefficient (Wildman–Crippen LogP) is 1.33. The second-order valence-electron chi connectivity index (χ2n) is 2.46. The van der Waals surface area contributed by atoms with Crippen molar-refractivity contribution in [3.05, 3.63) is 0 Å². The molecule has 0 aliphatic carbocycles. The summed E-state index contributed by atoms with van der Waals surface area (Å²) in [5, 5.41) is 3.23. The second kappa shape index (κ2) is 3.38. The van der Waals surface area contributed by atoms with Gasteiger partial charge in [-0.3, -0.25) is 4.99 Å². The van der Waals surface area contributed by atoms with Crippen molar-refractivity contribution in [2.75, 3.05) is 18.8 Å². The number of hydrogen-bond acceptors (Lipinski definition) is 3. The van der Waals surface area contributed by atoms with E-state index in [0.717, 1.165) is 19.2 Å². The zero-order valence-electron chi connectivity index (χ0n) is 6.23. The standard InChI is InChI=1S/C6H10F2N2S/c1-6(7,8)4-10-5-9-2-3-11-5/h2-4H2,1H3,(H,9,10). The van der Waals surface area contributed by atoms with Crippen molar-refractivity contribution in [1.82, 2.24) is 5.32 Å². The highest BCUT2D eigenvalue weighted by atomic mass is 32.2. The summed E-state index contributed by atoms with van der Waals surface area (Å²) >= 11 is 1.49. The monoisotopic (exact) mass is 180 g/mol. The first-order valence-corrected chi connectivity index (χ1v) is 4.35. The van der Waals surface area contributed by atoms with Crippen LogP contribution in [0.4, 0.5) is 8.78 Å². The van der Waals surface area contributed by atoms with Crippen LogP contribution in [0.1, 0.15) is 6.92 Å². The van der Waals surface area contributed by atoms with Gasteiger partial charge in [-0.25, -0.2) is 8.78 Å². The number of rotatable bonds is 2. The van der Waals surface area contributed by atoms with E-state index in [4.69, 9.17) is 0 Å². The molecule has 1 aliphatic rings. The number of hydrogen-bond donors (Lipinski definition) is 1. The van der Waals surface area contributed by atoms with Gasteiger partial charge in [0.25, 0.3) is 5.92 Å². The topological polar surface area (TPSA) is 24.4 Å². The first-order chi connectivity index (χ1) is 5.08. The van der Waals surface area contributed by atoms with Crippen molar-refractivity contribution in [3.8, 4) is 0 Å². The molecule has 0 aromatic heterocycles. The molecule has 1 aliphatic heterocycles. The van der Waals surface area contributed by atoms with Gasteiger partial charge in [0.2, 0.25) is 0 Å². The molecule has 2 nitrogen and oxygen atoms in total. The molecule has 0 bridgehead atoms. The zero-order valence-corrected chi connectivity index (χ0v) is 7.05. The van der Waals surface area contributed by atoms with Gasteiger partial charge in [0.1, 0.15) is 0 Å². The molecule has 64 valence electrons. The van der Waals surface area contributed by atoms with E-state index in [0.29, 0.717) is 5.17 Å². The Morgan fingerprint density at radius 3 is 2.91 bits per heavy atom. The molecule has 0 radical (unpaired) electrons. The highest BCUT2D eigenvalue weighted by Gasteiger charge is 2.21. The lowest BCUT2D eigenvalue weighted by Gasteiger charge is -2.11. The Bertz CT molecular complexity index is 164. The fourth-order valence-corrected chi connectivity index (χ4v) is 1.41. The summed E-state index contributed by atoms with van der Waals surface area (Å²) in [5.41, 5.74) is 0. The zero-order chi connectivity index (χ0) is 8.32. The summed E-state index contributed by atoms with van der Waals surface area (Å²) in [6.45, 7) is 1.31. The van der Waals surface area contributed by atoms with Crippen LogP contribution in [0.2, 0.25) is 0 Å². The van der Waals surface area contributed by atoms with Gasteiger partial charge in [-0.2, -0.15) is 0 Å². The van der Waals surface area contributed by atoms with Crippen LogP contribution in [0.3, 0.4) is 0 Å². The highest BCUT2D eigenvalue weighted by Crippen LogP contribution is 2.13. The van der Waals surface area contributed by atoms with Gasteiger partial charge in [-0.1, -0.05) is 11.8 Å². The van der Waals surface area contributed by atoms with Gasteiger partial charge in [0.05, 0.1) is 13.1 Å². The molecule has 0 amide bonds. The minimum atomic E-state index is -2.65. The van der Waals surface area contributed by atoms with E-state index in [1.165, 1.54) is 11.8 Å². The molecule has 1 heterocycles. The summed E-state index contributed by atoms with van der Waals surface area (Å²) < 4.78 is 24.5. The van der Waals surface area contributed by atoms with Crippen molar-refractivity contribution < 1.29 is 8.78 Å². The maximum absolute atomic E-state index is 12.2. The molecular formula is C6H10F2N2S. The molecule has 5 heteroatoms. The molecule has 11 heavy (non-hydrogen) atoms. The first-order valence-electron chi connectivity index (χ1n) is 3.37. The molecule has 1 N–H and O–H groups in total. The number of thioether (sulfide) groups is 1. The molecule has 0 fully saturated rings. The van der Waals surface area contributed by atoms with Gasteiger partial charge in [0.15, 0.2) is 5.17 Å². The number of nitrogens with one attached hydrogen (secondary N) is 1. The number of aliphatic imine (C=N–C) groups is 1. The molecule has 1 rings (SSSR count). The lowest BCUT2D eigenvalue weighted by atomic mass is 10.4. The molecule has 0 unspecified atom stereocenters. The van der Waals surface area contributed by atoms with E-state index in [1.807, 2.05) is 0 Å². The number of alkyl halides is 2. The van der Waals surface area contributed by atoms with Crippen molar-refractivity contribution in [2.24, 2.45) is 4.99 Å². The molecule has 0 spiro atoms. The van der Waals surface area contributed by atoms with Crippen molar-refractivity contribution in [1.29, 1.82) is 0 Å². The summed E-state index contributed by atoms with van der Waals surface area (Å²) in [4.78, 5) is 3.97. The lowest BCUT2D eigenvalue weighted by Crippen LogP contribution is -2.32. The summed E-state index contributed by atoms with van der Waals surface area (Å²) in [6, 6.07) is 0. The second-order valence-corrected chi connectivity index (χ2v) is 3.54. The fourth-order valence-electron chi connectivity index (χ4n) is 0.673. The van der Waals surface area contributed by atoms with Crippen LogP contribution < -0.4 is 5.32 Å². The van der Waals surface area contributed by atoms with E-state index < -0.39 is 5.92 Å². The van der Waals surface area contributed by atoms with Crippen LogP contribution in [0.25, 0.3) is 0 Å². The molecule has 0 aromatic carbocycles. The molecule has 0 atom stereocenters. The van der Waals surface area contributed by atoms with Gasteiger partial charge >= 0.3 is 0 Å². The third kappa shape index (κ3) is 3.55. The van der Waals surface area contributed by atoms with E-state index in [1.54, 1.807) is 0 Å². The summed E-state index contributed by atoms with van der Waals surface area (Å²) in [5.74, 6) is -1.75. The van der Waals surface area contributed by atoms with Gasteiger partial charge < -0.3 is 5.32 Å². The van der Waals surface area contributed by atoms with Crippen LogP contribution in [-0.4, -0.2) is 29.9 Å². The normalized spacial score (nSPS) is 18.3. The van der Waals surface area contributed by atoms with Crippen molar-refractivity contribution in [3.63, 3.8) is 0 Å². The first kappa shape index (κ1) is 8.77. The minimum Gasteiger partial charge on any atom is -0.359 e. The molecule has 0 saturated carbocycles. The quantitative estimate of drug-likeness (QED) is 0.693. The smallest absolute Gasteiger partial charge is 0.262 e. The molecule has 0 saturated heterocycles. The molecule has 0 aromatic rings. The summed E-state index contributed by atoms with van der Waals surface area (Å²) in [6.07, 6.45) is 0. The van der Waals surface area contributed by atoms with Crippen molar-refractivity contribution >= 4 is 16.9 Å². The number of halogens is 2. The average Bonchev–Trinajstić information content (AvgIpc) is 2.32. The number of amidine groups is 1. The van der Waals surface area contributed by atoms with Crippen LogP contribution >= 0.6 is 11.8 Å². The fraction of sp³-hybridized carbons (Fsp3) is 0.833. The maximum atomic E-state index is 12.2. The third-order valence-electron chi connectivity index (χ3n) is 1.14. The Morgan fingerprint density at radius 1 is 1.73 bits per heavy atom. The Labute approximate surface area is 68.5 Å². The predicted molar refractivity (Wildman–Crippen MR) is 43.4 cm³/mol. The Morgan fingerprint density at radius 2 is 2.45 bits per heavy atom.